The first-order chi connectivity index (χ1) is 10.2. The molecule has 1 saturated heterocycles. The molecule has 3 heteroatoms. The van der Waals surface area contributed by atoms with E-state index in [0.29, 0.717) is 12.5 Å². The number of hydrogen-bond acceptors (Lipinski definition) is 2. The van der Waals surface area contributed by atoms with Gasteiger partial charge in [-0.25, -0.2) is 0 Å². The van der Waals surface area contributed by atoms with E-state index in [1.54, 1.807) is 0 Å². The van der Waals surface area contributed by atoms with Gasteiger partial charge in [-0.15, -0.1) is 0 Å². The smallest absolute Gasteiger partial charge is 0.220 e. The van der Waals surface area contributed by atoms with Crippen LogP contribution >= 0.6 is 0 Å². The zero-order valence-electron chi connectivity index (χ0n) is 12.9. The molecule has 1 saturated carbocycles. The molecular formula is C18H26N2O. The van der Waals surface area contributed by atoms with Crippen LogP contribution in [-0.2, 0) is 4.79 Å². The Bertz CT molecular complexity index is 500. The van der Waals surface area contributed by atoms with Crippen molar-refractivity contribution in [2.45, 2.75) is 64.0 Å². The molecule has 0 radical (unpaired) electrons. The molecule has 1 aromatic carbocycles. The van der Waals surface area contributed by atoms with E-state index in [4.69, 9.17) is 0 Å². The third-order valence-corrected chi connectivity index (χ3v) is 4.83. The fraction of sp³-hybridized carbons (Fsp3) is 0.611. The summed E-state index contributed by atoms with van der Waals surface area (Å²) in [5.74, 6) is 1.02. The first-order valence-electron chi connectivity index (χ1n) is 8.36. The molecule has 114 valence electrons. The minimum atomic E-state index is 0.186. The van der Waals surface area contributed by atoms with Crippen LogP contribution in [0.25, 0.3) is 0 Å². The van der Waals surface area contributed by atoms with Crippen LogP contribution in [0.1, 0.15) is 63.5 Å². The Kier molecular flexibility index (Phi) is 4.47. The number of amides is 1. The van der Waals surface area contributed by atoms with Gasteiger partial charge < -0.3 is 10.6 Å². The first kappa shape index (κ1) is 14.4. The van der Waals surface area contributed by atoms with E-state index in [2.05, 4.69) is 41.8 Å². The lowest BCUT2D eigenvalue weighted by molar-refractivity contribution is -0.123. The van der Waals surface area contributed by atoms with Crippen molar-refractivity contribution in [1.29, 1.82) is 0 Å². The molecule has 1 aromatic rings. The van der Waals surface area contributed by atoms with Crippen LogP contribution in [0.4, 0.5) is 5.69 Å². The molecule has 0 bridgehead atoms. The topological polar surface area (TPSA) is 41.1 Å². The normalized spacial score (nSPS) is 29.8. The quantitative estimate of drug-likeness (QED) is 0.881. The molecular weight excluding hydrogens is 260 g/mol. The Morgan fingerprint density at radius 2 is 2.10 bits per heavy atom. The van der Waals surface area contributed by atoms with Crippen molar-refractivity contribution in [3.63, 3.8) is 0 Å². The molecule has 3 unspecified atom stereocenters. The molecule has 21 heavy (non-hydrogen) atoms. The van der Waals surface area contributed by atoms with Crippen molar-refractivity contribution in [1.82, 2.24) is 5.32 Å². The molecule has 3 atom stereocenters. The monoisotopic (exact) mass is 286 g/mol. The Balaban J connectivity index is 1.66. The molecule has 2 N–H and O–H groups in total. The van der Waals surface area contributed by atoms with E-state index in [-0.39, 0.29) is 11.9 Å². The van der Waals surface area contributed by atoms with Crippen molar-refractivity contribution in [3.05, 3.63) is 29.8 Å². The molecule has 0 aromatic heterocycles. The molecule has 2 aliphatic rings. The third-order valence-electron chi connectivity index (χ3n) is 4.83. The lowest BCUT2D eigenvalue weighted by Crippen LogP contribution is -2.32. The molecule has 3 nitrogen and oxygen atoms in total. The second-order valence-corrected chi connectivity index (χ2v) is 6.75. The Morgan fingerprint density at radius 3 is 2.90 bits per heavy atom. The van der Waals surface area contributed by atoms with Gasteiger partial charge in [-0.2, -0.15) is 0 Å². The van der Waals surface area contributed by atoms with E-state index in [1.165, 1.54) is 36.9 Å². The molecule has 3 rings (SSSR count). The zero-order chi connectivity index (χ0) is 14.7. The second-order valence-electron chi connectivity index (χ2n) is 6.75. The Morgan fingerprint density at radius 1 is 1.19 bits per heavy atom. The van der Waals surface area contributed by atoms with Crippen molar-refractivity contribution < 1.29 is 4.79 Å². The van der Waals surface area contributed by atoms with E-state index in [0.717, 1.165) is 18.8 Å². The molecule has 1 aliphatic carbocycles. The van der Waals surface area contributed by atoms with Gasteiger partial charge in [0.05, 0.1) is 6.04 Å². The van der Waals surface area contributed by atoms with Gasteiger partial charge in [0.25, 0.3) is 0 Å². The Hall–Kier alpha value is -1.51. The van der Waals surface area contributed by atoms with Gasteiger partial charge in [-0.3, -0.25) is 4.79 Å². The van der Waals surface area contributed by atoms with Crippen LogP contribution in [-0.4, -0.2) is 11.9 Å². The predicted molar refractivity (Wildman–Crippen MR) is 86.2 cm³/mol. The summed E-state index contributed by atoms with van der Waals surface area (Å²) in [5, 5.41) is 6.79. The number of carbonyl (C=O) groups is 1. The fourth-order valence-corrected chi connectivity index (χ4v) is 3.70. The first-order valence-corrected chi connectivity index (χ1v) is 8.36. The summed E-state index contributed by atoms with van der Waals surface area (Å²) in [6.07, 6.45) is 7.96. The summed E-state index contributed by atoms with van der Waals surface area (Å²) in [4.78, 5) is 11.6. The predicted octanol–water partition coefficient (Wildman–Crippen LogP) is 4.02. The number of benzene rings is 1. The summed E-state index contributed by atoms with van der Waals surface area (Å²) in [7, 11) is 0. The average Bonchev–Trinajstić information content (AvgIpc) is 2.47. The van der Waals surface area contributed by atoms with Crippen molar-refractivity contribution in [3.8, 4) is 0 Å². The van der Waals surface area contributed by atoms with Crippen LogP contribution in [0.15, 0.2) is 24.3 Å². The molecule has 2 fully saturated rings. The average molecular weight is 286 g/mol. The highest BCUT2D eigenvalue weighted by Crippen LogP contribution is 2.29. The number of anilines is 1. The molecule has 0 spiro atoms. The Labute approximate surface area is 127 Å². The number of hydrogen-bond donors (Lipinski definition) is 2. The van der Waals surface area contributed by atoms with Crippen LogP contribution in [0.2, 0.25) is 0 Å². The van der Waals surface area contributed by atoms with Gasteiger partial charge in [-0.05, 0) is 49.3 Å². The zero-order valence-corrected chi connectivity index (χ0v) is 12.9. The molecule has 1 amide bonds. The molecule has 1 heterocycles. The lowest BCUT2D eigenvalue weighted by Gasteiger charge is -2.29. The summed E-state index contributed by atoms with van der Waals surface area (Å²) >= 11 is 0. The number of piperidine rings is 1. The van der Waals surface area contributed by atoms with Crippen LogP contribution in [0, 0.1) is 5.92 Å². The number of rotatable bonds is 3. The maximum absolute atomic E-state index is 11.6. The number of nitrogens with one attached hydrogen (secondary N) is 2. The minimum Gasteiger partial charge on any atom is -0.382 e. The van der Waals surface area contributed by atoms with Gasteiger partial charge in [-0.1, -0.05) is 31.9 Å². The summed E-state index contributed by atoms with van der Waals surface area (Å²) in [6.45, 7) is 2.35. The fourth-order valence-electron chi connectivity index (χ4n) is 3.70. The summed E-state index contributed by atoms with van der Waals surface area (Å²) in [5.41, 5.74) is 2.43. The standard InChI is InChI=1S/C18H26N2O/c1-13-5-2-7-15(11-13)19-16-8-3-6-14(12-16)17-9-4-10-18(21)20-17/h3,6,8,12-13,15,17,19H,2,4-5,7,9-11H2,1H3,(H,20,21). The van der Waals surface area contributed by atoms with Crippen LogP contribution < -0.4 is 10.6 Å². The van der Waals surface area contributed by atoms with Crippen LogP contribution in [0.5, 0.6) is 0 Å². The maximum Gasteiger partial charge on any atom is 0.220 e. The summed E-state index contributed by atoms with van der Waals surface area (Å²) < 4.78 is 0. The van der Waals surface area contributed by atoms with Crippen molar-refractivity contribution in [2.75, 3.05) is 5.32 Å². The third kappa shape index (κ3) is 3.78. The minimum absolute atomic E-state index is 0.186. The highest BCUT2D eigenvalue weighted by atomic mass is 16.1. The van der Waals surface area contributed by atoms with Gasteiger partial charge in [0.15, 0.2) is 0 Å². The van der Waals surface area contributed by atoms with Crippen molar-refractivity contribution in [2.24, 2.45) is 5.92 Å². The van der Waals surface area contributed by atoms with Crippen LogP contribution in [0.3, 0.4) is 0 Å². The lowest BCUT2D eigenvalue weighted by atomic mass is 9.87. The highest BCUT2D eigenvalue weighted by molar-refractivity contribution is 5.77. The van der Waals surface area contributed by atoms with Gasteiger partial charge in [0.2, 0.25) is 5.91 Å². The van der Waals surface area contributed by atoms with E-state index < -0.39 is 0 Å². The second kappa shape index (κ2) is 6.50. The molecule has 1 aliphatic heterocycles. The summed E-state index contributed by atoms with van der Waals surface area (Å²) in [6, 6.07) is 9.39. The number of carbonyl (C=O) groups excluding carboxylic acids is 1. The SMILES string of the molecule is CC1CCCC(Nc2cccc(C3CCCC(=O)N3)c2)C1. The van der Waals surface area contributed by atoms with E-state index in [1.807, 2.05) is 0 Å². The van der Waals surface area contributed by atoms with E-state index in [9.17, 15) is 4.79 Å². The largest absolute Gasteiger partial charge is 0.382 e. The van der Waals surface area contributed by atoms with Gasteiger partial charge >= 0.3 is 0 Å². The van der Waals surface area contributed by atoms with Crippen molar-refractivity contribution >= 4 is 11.6 Å². The van der Waals surface area contributed by atoms with Gasteiger partial charge in [0, 0.05) is 18.2 Å². The maximum atomic E-state index is 11.6. The van der Waals surface area contributed by atoms with E-state index >= 15 is 0 Å². The van der Waals surface area contributed by atoms with Gasteiger partial charge in [0.1, 0.15) is 0 Å². The highest BCUT2D eigenvalue weighted by Gasteiger charge is 2.21.